The highest BCUT2D eigenvalue weighted by Gasteiger charge is 2.22. The molecule has 9 heteroatoms. The second-order valence-corrected chi connectivity index (χ2v) is 6.42. The van der Waals surface area contributed by atoms with E-state index < -0.39 is 4.92 Å². The van der Waals surface area contributed by atoms with Crippen LogP contribution in [0.1, 0.15) is 17.1 Å². The lowest BCUT2D eigenvalue weighted by Crippen LogP contribution is -2.27. The summed E-state index contributed by atoms with van der Waals surface area (Å²) in [6, 6.07) is 10.8. The van der Waals surface area contributed by atoms with Gasteiger partial charge in [0.15, 0.2) is 0 Å². The van der Waals surface area contributed by atoms with Gasteiger partial charge in [0.1, 0.15) is 29.5 Å². The van der Waals surface area contributed by atoms with E-state index in [0.717, 1.165) is 5.56 Å². The van der Waals surface area contributed by atoms with E-state index in [2.05, 4.69) is 10.4 Å². The molecular weight excluding hydrogens is 372 g/mol. The van der Waals surface area contributed by atoms with Gasteiger partial charge in [0.05, 0.1) is 11.5 Å². The number of aryl methyl sites for hydroxylation is 1. The third-order valence-corrected chi connectivity index (χ3v) is 4.32. The molecule has 0 aliphatic carbocycles. The van der Waals surface area contributed by atoms with Gasteiger partial charge in [-0.1, -0.05) is 11.6 Å². The van der Waals surface area contributed by atoms with Crippen LogP contribution in [0.25, 0.3) is 11.3 Å². The largest absolute Gasteiger partial charge is 0.459 e. The van der Waals surface area contributed by atoms with Gasteiger partial charge in [0.25, 0.3) is 0 Å². The molecule has 2 heterocycles. The predicted molar refractivity (Wildman–Crippen MR) is 99.4 cm³/mol. The summed E-state index contributed by atoms with van der Waals surface area (Å²) in [6.45, 7) is 3.20. The summed E-state index contributed by atoms with van der Waals surface area (Å²) in [5.41, 5.74) is 1.44. The summed E-state index contributed by atoms with van der Waals surface area (Å²) in [6.07, 6.45) is 0. The molecule has 0 spiro atoms. The first kappa shape index (κ1) is 18.7. The molecule has 3 aromatic rings. The first-order valence-electron chi connectivity index (χ1n) is 8.15. The molecule has 8 nitrogen and oxygen atoms in total. The van der Waals surface area contributed by atoms with Crippen LogP contribution in [0, 0.1) is 24.0 Å². The van der Waals surface area contributed by atoms with Gasteiger partial charge in [0.2, 0.25) is 5.91 Å². The summed E-state index contributed by atoms with van der Waals surface area (Å²) in [4.78, 5) is 22.7. The number of benzene rings is 1. The topological polar surface area (TPSA) is 103 Å². The van der Waals surface area contributed by atoms with Gasteiger partial charge < -0.3 is 9.73 Å². The van der Waals surface area contributed by atoms with Crippen LogP contribution in [-0.4, -0.2) is 20.6 Å². The Morgan fingerprint density at radius 3 is 2.59 bits per heavy atom. The zero-order chi connectivity index (χ0) is 19.6. The molecule has 2 aromatic heterocycles. The van der Waals surface area contributed by atoms with Gasteiger partial charge in [-0.15, -0.1) is 0 Å². The van der Waals surface area contributed by atoms with Crippen LogP contribution in [0.3, 0.4) is 0 Å². The van der Waals surface area contributed by atoms with Gasteiger partial charge in [-0.25, -0.2) is 0 Å². The molecule has 0 aliphatic heterocycles. The highest BCUT2D eigenvalue weighted by atomic mass is 35.5. The van der Waals surface area contributed by atoms with Crippen molar-refractivity contribution < 1.29 is 14.1 Å². The van der Waals surface area contributed by atoms with E-state index in [1.54, 1.807) is 32.0 Å². The number of nitrogens with one attached hydrogen (secondary N) is 1. The highest BCUT2D eigenvalue weighted by Crippen LogP contribution is 2.24. The van der Waals surface area contributed by atoms with Crippen molar-refractivity contribution in [3.05, 3.63) is 68.7 Å². The molecule has 1 aromatic carbocycles. The van der Waals surface area contributed by atoms with E-state index in [9.17, 15) is 14.9 Å². The number of halogens is 1. The predicted octanol–water partition coefficient (Wildman–Crippen LogP) is 3.64. The monoisotopic (exact) mass is 388 g/mol. The lowest BCUT2D eigenvalue weighted by Gasteiger charge is -2.05. The Kier molecular flexibility index (Phi) is 5.27. The van der Waals surface area contributed by atoms with E-state index in [1.165, 1.54) is 4.68 Å². The molecular formula is C18H17ClN4O4. The zero-order valence-electron chi connectivity index (χ0n) is 14.7. The van der Waals surface area contributed by atoms with Crippen molar-refractivity contribution >= 4 is 23.2 Å². The minimum Gasteiger partial charge on any atom is -0.459 e. The number of nitrogens with zero attached hydrogens (tertiary/aromatic N) is 3. The zero-order valence-corrected chi connectivity index (χ0v) is 15.5. The van der Waals surface area contributed by atoms with Crippen LogP contribution in [0.15, 0.2) is 40.8 Å². The van der Waals surface area contributed by atoms with E-state index >= 15 is 0 Å². The van der Waals surface area contributed by atoms with E-state index in [0.29, 0.717) is 22.2 Å². The Morgan fingerprint density at radius 2 is 1.96 bits per heavy atom. The van der Waals surface area contributed by atoms with Crippen molar-refractivity contribution in [1.29, 1.82) is 0 Å². The molecule has 0 radical (unpaired) electrons. The Bertz CT molecular complexity index is 991. The number of carbonyl (C=O) groups excluding carboxylic acids is 1. The maximum Gasteiger partial charge on any atom is 0.312 e. The van der Waals surface area contributed by atoms with Gasteiger partial charge >= 0.3 is 5.69 Å². The molecule has 27 heavy (non-hydrogen) atoms. The van der Waals surface area contributed by atoms with Crippen LogP contribution >= 0.6 is 11.6 Å². The SMILES string of the molecule is Cc1nn(CC(=O)NCc2ccc(-c3ccc(Cl)cc3)o2)c(C)c1[N+](=O)[O-]. The van der Waals surface area contributed by atoms with E-state index in [4.69, 9.17) is 16.0 Å². The summed E-state index contributed by atoms with van der Waals surface area (Å²) >= 11 is 5.87. The second-order valence-electron chi connectivity index (χ2n) is 5.98. The van der Waals surface area contributed by atoms with Crippen molar-refractivity contribution in [2.45, 2.75) is 26.9 Å². The van der Waals surface area contributed by atoms with Crippen molar-refractivity contribution in [2.75, 3.05) is 0 Å². The van der Waals surface area contributed by atoms with Gasteiger partial charge in [-0.3, -0.25) is 19.6 Å². The quantitative estimate of drug-likeness (QED) is 0.513. The molecule has 0 saturated carbocycles. The molecule has 0 fully saturated rings. The average Bonchev–Trinajstić information content (AvgIpc) is 3.18. The minimum absolute atomic E-state index is 0.0681. The third kappa shape index (κ3) is 4.17. The van der Waals surface area contributed by atoms with E-state index in [1.807, 2.05) is 18.2 Å². The van der Waals surface area contributed by atoms with Crippen LogP contribution < -0.4 is 5.32 Å². The van der Waals surface area contributed by atoms with Crippen LogP contribution in [0.2, 0.25) is 5.02 Å². The first-order valence-corrected chi connectivity index (χ1v) is 8.52. The number of aromatic nitrogens is 2. The minimum atomic E-state index is -0.493. The molecule has 140 valence electrons. The van der Waals surface area contributed by atoms with Crippen LogP contribution in [0.4, 0.5) is 5.69 Å². The molecule has 0 atom stereocenters. The van der Waals surface area contributed by atoms with Crippen molar-refractivity contribution in [2.24, 2.45) is 0 Å². The second kappa shape index (κ2) is 7.63. The molecule has 3 rings (SSSR count). The Labute approximate surface area is 159 Å². The lowest BCUT2D eigenvalue weighted by molar-refractivity contribution is -0.386. The number of hydrogen-bond acceptors (Lipinski definition) is 5. The fraction of sp³-hybridized carbons (Fsp3) is 0.222. The molecule has 1 N–H and O–H groups in total. The number of nitro groups is 1. The molecule has 0 unspecified atom stereocenters. The van der Waals surface area contributed by atoms with Crippen molar-refractivity contribution in [3.8, 4) is 11.3 Å². The number of hydrogen-bond donors (Lipinski definition) is 1. The molecule has 0 bridgehead atoms. The maximum atomic E-state index is 12.1. The van der Waals surface area contributed by atoms with Crippen molar-refractivity contribution in [3.63, 3.8) is 0 Å². The smallest absolute Gasteiger partial charge is 0.312 e. The third-order valence-electron chi connectivity index (χ3n) is 4.07. The lowest BCUT2D eigenvalue weighted by atomic mass is 10.2. The summed E-state index contributed by atoms with van der Waals surface area (Å²) < 4.78 is 7.04. The normalized spacial score (nSPS) is 10.8. The van der Waals surface area contributed by atoms with E-state index in [-0.39, 0.29) is 30.4 Å². The Morgan fingerprint density at radius 1 is 1.26 bits per heavy atom. The number of carbonyl (C=O) groups is 1. The standard InChI is InChI=1S/C18H17ClN4O4/c1-11-18(23(25)26)12(2)22(21-11)10-17(24)20-9-15-7-8-16(27-15)13-3-5-14(19)6-4-13/h3-8H,9-10H2,1-2H3,(H,20,24). The highest BCUT2D eigenvalue weighted by molar-refractivity contribution is 6.30. The van der Waals surface area contributed by atoms with Crippen LogP contribution in [0.5, 0.6) is 0 Å². The van der Waals surface area contributed by atoms with Crippen molar-refractivity contribution in [1.82, 2.24) is 15.1 Å². The Hall–Kier alpha value is -3.13. The maximum absolute atomic E-state index is 12.1. The Balaban J connectivity index is 1.61. The molecule has 1 amide bonds. The number of furan rings is 1. The van der Waals surface area contributed by atoms with Gasteiger partial charge in [-0.2, -0.15) is 5.10 Å². The number of rotatable bonds is 6. The van der Waals surface area contributed by atoms with Gasteiger partial charge in [0, 0.05) is 10.6 Å². The summed E-state index contributed by atoms with van der Waals surface area (Å²) in [7, 11) is 0. The fourth-order valence-corrected chi connectivity index (χ4v) is 2.85. The molecule has 0 aliphatic rings. The average molecular weight is 389 g/mol. The molecule has 0 saturated heterocycles. The van der Waals surface area contributed by atoms with Gasteiger partial charge in [-0.05, 0) is 50.2 Å². The fourth-order valence-electron chi connectivity index (χ4n) is 2.73. The first-order chi connectivity index (χ1) is 12.8. The number of amides is 1. The summed E-state index contributed by atoms with van der Waals surface area (Å²) in [5, 5.41) is 18.4. The van der Waals surface area contributed by atoms with Crippen LogP contribution in [-0.2, 0) is 17.9 Å². The summed E-state index contributed by atoms with van der Waals surface area (Å²) in [5.74, 6) is 0.942.